The standard InChI is InChI=1S/C42H53F3N2O6/c1-24-21-33-36(47(23-24)38(50)42(43,44)45)26(3)41(53-33)19-17-31-32-15-13-28-22-30(16-18-40(28,4)35(32)37(49)34(31)25(41)2)52-39(51)46-20-8-11-29(48)14-12-27-9-6-5-7-10-27/h5-7,9-10,13,24,26,30-33,35-36H,8,11-12,14-23H2,1-4H3,(H,46,51)/t24-,26+,30-,31-,32-,33+,35+,36-,40-,41-/m0/s1. The maximum absolute atomic E-state index is 14.7. The fraction of sp³-hybridized carbons (Fsp3) is 0.667. The number of nitrogens with zero attached hydrogens (tertiary/aromatic N) is 1. The van der Waals surface area contributed by atoms with Gasteiger partial charge >= 0.3 is 18.2 Å². The van der Waals surface area contributed by atoms with Crippen LogP contribution in [0.15, 0.2) is 53.1 Å². The molecule has 288 valence electrons. The van der Waals surface area contributed by atoms with Gasteiger partial charge in [-0.15, -0.1) is 0 Å². The summed E-state index contributed by atoms with van der Waals surface area (Å²) in [6.07, 6.45) is 2.68. The van der Waals surface area contributed by atoms with E-state index in [-0.39, 0.29) is 53.3 Å². The van der Waals surface area contributed by atoms with E-state index in [1.54, 1.807) is 0 Å². The minimum Gasteiger partial charge on any atom is -0.446 e. The molecule has 53 heavy (non-hydrogen) atoms. The molecule has 2 saturated carbocycles. The number of carbonyl (C=O) groups is 4. The number of alkyl halides is 3. The molecule has 2 heterocycles. The molecule has 0 unspecified atom stereocenters. The van der Waals surface area contributed by atoms with Crippen LogP contribution in [-0.2, 0) is 30.3 Å². The molecule has 2 saturated heterocycles. The summed E-state index contributed by atoms with van der Waals surface area (Å²) < 4.78 is 53.8. The number of halogens is 3. The Morgan fingerprint density at radius 1 is 1.08 bits per heavy atom. The summed E-state index contributed by atoms with van der Waals surface area (Å²) in [6.45, 7) is 8.28. The van der Waals surface area contributed by atoms with Gasteiger partial charge in [0.1, 0.15) is 11.9 Å². The number of allylic oxidation sites excluding steroid dienone is 2. The zero-order valence-corrected chi connectivity index (χ0v) is 31.3. The van der Waals surface area contributed by atoms with Crippen molar-refractivity contribution in [1.82, 2.24) is 10.2 Å². The van der Waals surface area contributed by atoms with Crippen LogP contribution in [0.25, 0.3) is 0 Å². The van der Waals surface area contributed by atoms with Crippen LogP contribution in [0.5, 0.6) is 0 Å². The lowest BCUT2D eigenvalue weighted by atomic mass is 9.56. The van der Waals surface area contributed by atoms with Crippen LogP contribution in [0.2, 0.25) is 0 Å². The van der Waals surface area contributed by atoms with Gasteiger partial charge in [0, 0.05) is 49.8 Å². The zero-order chi connectivity index (χ0) is 37.9. The van der Waals surface area contributed by atoms with Gasteiger partial charge in [-0.05, 0) is 92.6 Å². The molecule has 1 aromatic rings. The van der Waals surface area contributed by atoms with Gasteiger partial charge in [-0.3, -0.25) is 14.4 Å². The molecule has 8 nitrogen and oxygen atoms in total. The van der Waals surface area contributed by atoms with Crippen LogP contribution < -0.4 is 5.32 Å². The number of alkyl carbamates (subject to hydrolysis) is 1. The Morgan fingerprint density at radius 2 is 1.83 bits per heavy atom. The number of fused-ring (bicyclic) bond motifs is 6. The highest BCUT2D eigenvalue weighted by Gasteiger charge is 2.65. The maximum Gasteiger partial charge on any atom is 0.471 e. The first-order valence-electron chi connectivity index (χ1n) is 19.6. The van der Waals surface area contributed by atoms with E-state index in [0.29, 0.717) is 64.3 Å². The molecule has 7 rings (SSSR count). The first-order chi connectivity index (χ1) is 25.1. The van der Waals surface area contributed by atoms with Crippen LogP contribution in [0, 0.1) is 35.0 Å². The molecule has 11 heteroatoms. The topological polar surface area (TPSA) is 102 Å². The number of aryl methyl sites for hydroxylation is 1. The number of hydrogen-bond donors (Lipinski definition) is 1. The summed E-state index contributed by atoms with van der Waals surface area (Å²) in [7, 11) is 0. The quantitative estimate of drug-likeness (QED) is 0.217. The largest absolute Gasteiger partial charge is 0.471 e. The Morgan fingerprint density at radius 3 is 2.57 bits per heavy atom. The number of Topliss-reactive ketones (excluding diaryl/α,β-unsaturated/α-hetero) is 2. The van der Waals surface area contributed by atoms with E-state index in [1.807, 2.05) is 51.1 Å². The molecule has 1 aromatic carbocycles. The van der Waals surface area contributed by atoms with Gasteiger partial charge in [-0.1, -0.05) is 62.8 Å². The maximum atomic E-state index is 14.7. The van der Waals surface area contributed by atoms with E-state index in [9.17, 15) is 32.3 Å². The van der Waals surface area contributed by atoms with Crippen LogP contribution >= 0.6 is 0 Å². The number of nitrogens with one attached hydrogen (secondary N) is 1. The summed E-state index contributed by atoms with van der Waals surface area (Å²) in [5.74, 6) is -2.06. The average molecular weight is 739 g/mol. The first kappa shape index (κ1) is 37.8. The highest BCUT2D eigenvalue weighted by atomic mass is 19.4. The number of likely N-dealkylation sites (tertiary alicyclic amines) is 1. The van der Waals surface area contributed by atoms with Gasteiger partial charge in [-0.2, -0.15) is 13.2 Å². The number of piperidine rings is 1. The second-order valence-electron chi connectivity index (χ2n) is 17.0. The van der Waals surface area contributed by atoms with Crippen molar-refractivity contribution in [1.29, 1.82) is 0 Å². The number of ether oxygens (including phenoxy) is 2. The molecule has 10 atom stereocenters. The summed E-state index contributed by atoms with van der Waals surface area (Å²) in [5, 5.41) is 2.81. The number of carbonyl (C=O) groups excluding carboxylic acids is 4. The molecule has 0 aromatic heterocycles. The van der Waals surface area contributed by atoms with Crippen molar-refractivity contribution < 1.29 is 41.8 Å². The Bertz CT molecular complexity index is 1690. The molecule has 1 N–H and O–H groups in total. The lowest BCUT2D eigenvalue weighted by molar-refractivity contribution is -0.192. The molecule has 2 aliphatic heterocycles. The SMILES string of the molecule is CC1=C2C(=O)[C@H]3[C@@H](CC=C4C[C@@H](OC(=O)NCCCC(=O)CCc5ccccc5)CC[C@@]43C)[C@@H]2CC[C@]12O[C@@H]1C[C@H](C)CN(C(=O)C(F)(F)F)[C@H]1[C@H]2C. The van der Waals surface area contributed by atoms with E-state index >= 15 is 0 Å². The Kier molecular flexibility index (Phi) is 10.2. The van der Waals surface area contributed by atoms with Crippen molar-refractivity contribution in [3.8, 4) is 0 Å². The van der Waals surface area contributed by atoms with Crippen LogP contribution in [0.4, 0.5) is 18.0 Å². The Balaban J connectivity index is 0.976. The molecule has 2 amide bonds. The van der Waals surface area contributed by atoms with E-state index in [1.165, 1.54) is 0 Å². The van der Waals surface area contributed by atoms with Crippen molar-refractivity contribution in [2.45, 2.75) is 128 Å². The third-order valence-corrected chi connectivity index (χ3v) is 13.9. The molecule has 0 radical (unpaired) electrons. The third-order valence-electron chi connectivity index (χ3n) is 13.9. The zero-order valence-electron chi connectivity index (χ0n) is 31.3. The molecule has 0 bridgehead atoms. The van der Waals surface area contributed by atoms with Crippen LogP contribution in [0.1, 0.15) is 97.5 Å². The van der Waals surface area contributed by atoms with E-state index in [0.717, 1.165) is 40.0 Å². The van der Waals surface area contributed by atoms with Gasteiger partial charge in [-0.25, -0.2) is 4.79 Å². The lowest BCUT2D eigenvalue weighted by Crippen LogP contribution is -2.57. The van der Waals surface area contributed by atoms with Gasteiger partial charge in [0.05, 0.1) is 17.7 Å². The van der Waals surface area contributed by atoms with Crippen molar-refractivity contribution in [2.24, 2.45) is 35.0 Å². The fourth-order valence-corrected chi connectivity index (χ4v) is 11.4. The molecule has 4 aliphatic carbocycles. The van der Waals surface area contributed by atoms with Crippen molar-refractivity contribution in [2.75, 3.05) is 13.1 Å². The summed E-state index contributed by atoms with van der Waals surface area (Å²) in [5.41, 5.74) is 2.66. The average Bonchev–Trinajstić information content (AvgIpc) is 3.57. The van der Waals surface area contributed by atoms with Crippen molar-refractivity contribution in [3.05, 3.63) is 58.7 Å². The predicted molar refractivity (Wildman–Crippen MR) is 191 cm³/mol. The van der Waals surface area contributed by atoms with Crippen LogP contribution in [0.3, 0.4) is 0 Å². The molecule has 1 spiro atoms. The highest BCUT2D eigenvalue weighted by Crippen LogP contribution is 2.64. The number of benzene rings is 1. The lowest BCUT2D eigenvalue weighted by Gasteiger charge is -2.48. The van der Waals surface area contributed by atoms with Gasteiger partial charge < -0.3 is 19.7 Å². The van der Waals surface area contributed by atoms with Crippen molar-refractivity contribution >= 4 is 23.6 Å². The minimum absolute atomic E-state index is 0.0420. The second kappa shape index (κ2) is 14.3. The number of ketones is 2. The van der Waals surface area contributed by atoms with Gasteiger partial charge in [0.2, 0.25) is 0 Å². The second-order valence-corrected chi connectivity index (χ2v) is 17.0. The van der Waals surface area contributed by atoms with E-state index in [2.05, 4.69) is 18.3 Å². The smallest absolute Gasteiger partial charge is 0.446 e. The number of rotatable bonds is 8. The summed E-state index contributed by atoms with van der Waals surface area (Å²) >= 11 is 0. The summed E-state index contributed by atoms with van der Waals surface area (Å²) in [4.78, 5) is 53.3. The number of amides is 2. The van der Waals surface area contributed by atoms with E-state index in [4.69, 9.17) is 9.47 Å². The molecule has 6 aliphatic rings. The molecular weight excluding hydrogens is 685 g/mol. The van der Waals surface area contributed by atoms with Gasteiger partial charge in [0.25, 0.3) is 0 Å². The first-order valence-corrected chi connectivity index (χ1v) is 19.6. The molecule has 4 fully saturated rings. The number of hydrogen-bond acceptors (Lipinski definition) is 6. The highest BCUT2D eigenvalue weighted by molar-refractivity contribution is 6.02. The minimum atomic E-state index is -4.96. The Labute approximate surface area is 310 Å². The molecular formula is C42H53F3N2O6. The fourth-order valence-electron chi connectivity index (χ4n) is 11.4. The van der Waals surface area contributed by atoms with E-state index < -0.39 is 41.8 Å². The summed E-state index contributed by atoms with van der Waals surface area (Å²) in [6, 6.07) is 9.20. The monoisotopic (exact) mass is 738 g/mol. The predicted octanol–water partition coefficient (Wildman–Crippen LogP) is 7.70. The van der Waals surface area contributed by atoms with Gasteiger partial charge in [0.15, 0.2) is 5.78 Å². The third kappa shape index (κ3) is 6.78. The van der Waals surface area contributed by atoms with Crippen molar-refractivity contribution in [3.63, 3.8) is 0 Å². The van der Waals surface area contributed by atoms with Crippen LogP contribution in [-0.4, -0.2) is 71.6 Å². The normalized spacial score (nSPS) is 36.3. The Hall–Kier alpha value is -3.47.